The summed E-state index contributed by atoms with van der Waals surface area (Å²) in [6, 6.07) is 1.52. The van der Waals surface area contributed by atoms with Crippen LogP contribution in [-0.4, -0.2) is 37.8 Å². The first-order valence-electron chi connectivity index (χ1n) is 5.57. The first-order chi connectivity index (χ1) is 8.58. The Hall–Kier alpha value is -1.14. The molecule has 0 radical (unpaired) electrons. The molecule has 18 heavy (non-hydrogen) atoms. The third-order valence-electron chi connectivity index (χ3n) is 2.85. The van der Waals surface area contributed by atoms with Crippen molar-refractivity contribution in [3.63, 3.8) is 0 Å². The minimum atomic E-state index is -1.07. The van der Waals surface area contributed by atoms with Crippen molar-refractivity contribution in [3.05, 3.63) is 22.8 Å². The Morgan fingerprint density at radius 2 is 2.17 bits per heavy atom. The van der Waals surface area contributed by atoms with E-state index in [0.29, 0.717) is 17.3 Å². The van der Waals surface area contributed by atoms with Crippen LogP contribution < -0.4 is 5.32 Å². The molecule has 1 fully saturated rings. The highest BCUT2D eigenvalue weighted by Gasteiger charge is 2.20. The average Bonchev–Trinajstić information content (AvgIpc) is 2.34. The Kier molecular flexibility index (Phi) is 4.19. The fourth-order valence-electron chi connectivity index (χ4n) is 1.84. The van der Waals surface area contributed by atoms with Crippen LogP contribution in [0.2, 0.25) is 5.02 Å². The lowest BCUT2D eigenvalue weighted by molar-refractivity contribution is 0.0697. The predicted octanol–water partition coefficient (Wildman–Crippen LogP) is 1.76. The zero-order valence-electron chi connectivity index (χ0n) is 9.56. The van der Waals surface area contributed by atoms with Gasteiger partial charge in [0.1, 0.15) is 5.82 Å². The Morgan fingerprint density at radius 3 is 2.78 bits per heavy atom. The van der Waals surface area contributed by atoms with E-state index in [1.807, 2.05) is 0 Å². The molecule has 1 saturated heterocycles. The molecule has 0 atom stereocenters. The number of anilines is 1. The van der Waals surface area contributed by atoms with Gasteiger partial charge in [0.05, 0.1) is 10.6 Å². The second-order valence-electron chi connectivity index (χ2n) is 4.09. The summed E-state index contributed by atoms with van der Waals surface area (Å²) in [6.45, 7) is 0. The van der Waals surface area contributed by atoms with Crippen LogP contribution in [0.15, 0.2) is 12.3 Å². The van der Waals surface area contributed by atoms with Crippen molar-refractivity contribution in [1.82, 2.24) is 4.98 Å². The molecule has 2 rings (SSSR count). The van der Waals surface area contributed by atoms with Crippen LogP contribution in [0.5, 0.6) is 0 Å². The Bertz CT molecular complexity index is 485. The van der Waals surface area contributed by atoms with Gasteiger partial charge in [-0.1, -0.05) is 11.6 Å². The van der Waals surface area contributed by atoms with Gasteiger partial charge >= 0.3 is 5.97 Å². The molecule has 0 saturated carbocycles. The lowest BCUT2D eigenvalue weighted by atomic mass is 10.1. The summed E-state index contributed by atoms with van der Waals surface area (Å²) in [7, 11) is -0.723. The van der Waals surface area contributed by atoms with Crippen LogP contribution >= 0.6 is 11.6 Å². The molecule has 1 aliphatic rings. The van der Waals surface area contributed by atoms with Crippen molar-refractivity contribution < 1.29 is 14.1 Å². The normalized spacial score (nSPS) is 23.6. The number of nitrogens with zero attached hydrogens (tertiary/aromatic N) is 1. The molecule has 1 aliphatic heterocycles. The smallest absolute Gasteiger partial charge is 0.337 e. The van der Waals surface area contributed by atoms with E-state index >= 15 is 0 Å². The Labute approximate surface area is 112 Å². The van der Waals surface area contributed by atoms with Gasteiger partial charge in [0.25, 0.3) is 0 Å². The minimum absolute atomic E-state index is 0.0357. The van der Waals surface area contributed by atoms with Gasteiger partial charge in [0.15, 0.2) is 0 Å². The maximum atomic E-state index is 11.2. The number of hydrogen-bond donors (Lipinski definition) is 2. The number of hydrogen-bond acceptors (Lipinski definition) is 4. The first-order valence-corrected chi connectivity index (χ1v) is 7.44. The van der Waals surface area contributed by atoms with Crippen LogP contribution in [-0.2, 0) is 10.8 Å². The zero-order valence-corrected chi connectivity index (χ0v) is 11.1. The van der Waals surface area contributed by atoms with Crippen molar-refractivity contribution in [2.75, 3.05) is 16.8 Å². The molecule has 0 aliphatic carbocycles. The molecular formula is C11H13ClN2O3S. The maximum Gasteiger partial charge on any atom is 0.337 e. The van der Waals surface area contributed by atoms with Gasteiger partial charge in [-0.3, -0.25) is 4.21 Å². The average molecular weight is 289 g/mol. The molecule has 5 nitrogen and oxygen atoms in total. The van der Waals surface area contributed by atoms with Gasteiger partial charge in [-0.2, -0.15) is 0 Å². The van der Waals surface area contributed by atoms with Gasteiger partial charge in [0, 0.05) is 34.5 Å². The number of carbonyl (C=O) groups is 1. The summed E-state index contributed by atoms with van der Waals surface area (Å²) in [4.78, 5) is 15.0. The monoisotopic (exact) mass is 288 g/mol. The molecule has 7 heteroatoms. The number of aromatic nitrogens is 1. The van der Waals surface area contributed by atoms with Gasteiger partial charge < -0.3 is 10.4 Å². The molecule has 1 aromatic heterocycles. The highest BCUT2D eigenvalue weighted by molar-refractivity contribution is 7.85. The van der Waals surface area contributed by atoms with E-state index in [9.17, 15) is 9.00 Å². The first kappa shape index (κ1) is 13.3. The zero-order chi connectivity index (χ0) is 13.1. The van der Waals surface area contributed by atoms with E-state index in [0.717, 1.165) is 12.8 Å². The van der Waals surface area contributed by atoms with Crippen LogP contribution in [0.4, 0.5) is 5.82 Å². The third kappa shape index (κ3) is 3.00. The van der Waals surface area contributed by atoms with Gasteiger partial charge in [-0.25, -0.2) is 9.78 Å². The van der Waals surface area contributed by atoms with E-state index in [2.05, 4.69) is 10.3 Å². The number of nitrogens with one attached hydrogen (secondary N) is 1. The number of halogens is 1. The predicted molar refractivity (Wildman–Crippen MR) is 70.7 cm³/mol. The number of aromatic carboxylic acids is 1. The quantitative estimate of drug-likeness (QED) is 0.886. The summed E-state index contributed by atoms with van der Waals surface area (Å²) in [5.74, 6) is 0.631. The molecule has 0 bridgehead atoms. The standard InChI is InChI=1S/C11H13ClN2O3S/c12-9-8(11(15)16)1-4-13-10(9)14-7-2-5-18(17)6-3-7/h1,4,7H,2-3,5-6H2,(H,13,14)(H,15,16). The van der Waals surface area contributed by atoms with E-state index in [1.165, 1.54) is 12.3 Å². The summed E-state index contributed by atoms with van der Waals surface area (Å²) in [6.07, 6.45) is 2.97. The van der Waals surface area contributed by atoms with Gasteiger partial charge in [-0.15, -0.1) is 0 Å². The van der Waals surface area contributed by atoms with Gasteiger partial charge in [0.2, 0.25) is 0 Å². The van der Waals surface area contributed by atoms with E-state index in [-0.39, 0.29) is 16.6 Å². The largest absolute Gasteiger partial charge is 0.478 e. The summed E-state index contributed by atoms with van der Waals surface area (Å²) in [5, 5.41) is 12.2. The summed E-state index contributed by atoms with van der Waals surface area (Å²) in [5.41, 5.74) is 0.0357. The van der Waals surface area contributed by atoms with Crippen LogP contribution in [0.3, 0.4) is 0 Å². The Balaban J connectivity index is 2.12. The molecule has 1 aromatic rings. The number of carboxylic acids is 1. The second-order valence-corrected chi connectivity index (χ2v) is 6.17. The molecule has 98 valence electrons. The van der Waals surface area contributed by atoms with Gasteiger partial charge in [-0.05, 0) is 18.9 Å². The third-order valence-corrected chi connectivity index (χ3v) is 4.61. The molecule has 0 aromatic carbocycles. The SMILES string of the molecule is O=C(O)c1ccnc(NC2CCS(=O)CC2)c1Cl. The van der Waals surface area contributed by atoms with E-state index < -0.39 is 16.8 Å². The molecule has 2 N–H and O–H groups in total. The number of rotatable bonds is 3. The fraction of sp³-hybridized carbons (Fsp3) is 0.455. The molecule has 0 spiro atoms. The molecule has 0 amide bonds. The van der Waals surface area contributed by atoms with Crippen molar-refractivity contribution in [1.29, 1.82) is 0 Å². The fourth-order valence-corrected chi connectivity index (χ4v) is 3.39. The minimum Gasteiger partial charge on any atom is -0.478 e. The lowest BCUT2D eigenvalue weighted by Gasteiger charge is -2.23. The lowest BCUT2D eigenvalue weighted by Crippen LogP contribution is -2.29. The maximum absolute atomic E-state index is 11.2. The molecule has 2 heterocycles. The van der Waals surface area contributed by atoms with E-state index in [4.69, 9.17) is 16.7 Å². The van der Waals surface area contributed by atoms with Crippen molar-refractivity contribution in [3.8, 4) is 0 Å². The van der Waals surface area contributed by atoms with Crippen molar-refractivity contribution in [2.24, 2.45) is 0 Å². The van der Waals surface area contributed by atoms with Crippen LogP contribution in [0.1, 0.15) is 23.2 Å². The molecule has 0 unspecified atom stereocenters. The second kappa shape index (κ2) is 5.67. The number of pyridine rings is 1. The Morgan fingerprint density at radius 1 is 1.50 bits per heavy atom. The molecular weight excluding hydrogens is 276 g/mol. The van der Waals surface area contributed by atoms with Crippen molar-refractivity contribution in [2.45, 2.75) is 18.9 Å². The van der Waals surface area contributed by atoms with Crippen LogP contribution in [0.25, 0.3) is 0 Å². The van der Waals surface area contributed by atoms with Crippen LogP contribution in [0, 0.1) is 0 Å². The number of carboxylic acid groups (broad SMARTS) is 1. The topological polar surface area (TPSA) is 79.3 Å². The summed E-state index contributed by atoms with van der Waals surface area (Å²) < 4.78 is 11.2. The highest BCUT2D eigenvalue weighted by Crippen LogP contribution is 2.25. The summed E-state index contributed by atoms with van der Waals surface area (Å²) >= 11 is 5.99. The van der Waals surface area contributed by atoms with E-state index in [1.54, 1.807) is 0 Å². The highest BCUT2D eigenvalue weighted by atomic mass is 35.5. The van der Waals surface area contributed by atoms with Crippen molar-refractivity contribution >= 4 is 34.2 Å².